The highest BCUT2D eigenvalue weighted by Crippen LogP contribution is 2.41. The molecule has 1 heterocycles. The summed E-state index contributed by atoms with van der Waals surface area (Å²) in [4.78, 5) is 30.6. The van der Waals surface area contributed by atoms with E-state index in [0.717, 1.165) is 11.1 Å². The summed E-state index contributed by atoms with van der Waals surface area (Å²) in [6, 6.07) is 30.7. The lowest BCUT2D eigenvalue weighted by Gasteiger charge is -2.30. The Morgan fingerprint density at radius 3 is 2.19 bits per heavy atom. The van der Waals surface area contributed by atoms with Crippen molar-refractivity contribution in [3.05, 3.63) is 113 Å². The number of nitrogens with zero attached hydrogens (tertiary/aromatic N) is 2. The number of allylic oxidation sites excluding steroid dienone is 1. The molecule has 3 aromatic carbocycles. The number of carbonyl (C=O) groups is 2. The van der Waals surface area contributed by atoms with Crippen LogP contribution in [0.3, 0.4) is 0 Å². The number of hydrogen-bond acceptors (Lipinski definition) is 5. The molecule has 2 atom stereocenters. The number of hydrogen-bond donors (Lipinski definition) is 2. The van der Waals surface area contributed by atoms with E-state index in [1.165, 1.54) is 11.8 Å². The molecule has 3 aromatic rings. The van der Waals surface area contributed by atoms with Gasteiger partial charge in [-0.3, -0.25) is 9.59 Å². The van der Waals surface area contributed by atoms with Crippen molar-refractivity contribution in [1.82, 2.24) is 5.32 Å². The predicted octanol–water partition coefficient (Wildman–Crippen LogP) is 5.28. The van der Waals surface area contributed by atoms with Crippen LogP contribution in [0.2, 0.25) is 0 Å². The van der Waals surface area contributed by atoms with Crippen molar-refractivity contribution in [3.63, 3.8) is 0 Å². The summed E-state index contributed by atoms with van der Waals surface area (Å²) in [5.41, 5.74) is 3.52. The molecule has 2 unspecified atom stereocenters. The Morgan fingerprint density at radius 1 is 0.944 bits per heavy atom. The number of benzene rings is 3. The molecule has 180 valence electrons. The minimum absolute atomic E-state index is 0.129. The topological polar surface area (TPSA) is 94.4 Å². The van der Waals surface area contributed by atoms with Gasteiger partial charge in [-0.1, -0.05) is 90.6 Å². The maximum atomic E-state index is 13.4. The van der Waals surface area contributed by atoms with Gasteiger partial charge in [-0.05, 0) is 30.2 Å². The van der Waals surface area contributed by atoms with Crippen molar-refractivity contribution in [1.29, 1.82) is 5.26 Å². The van der Waals surface area contributed by atoms with Crippen molar-refractivity contribution in [2.45, 2.75) is 19.4 Å². The van der Waals surface area contributed by atoms with Gasteiger partial charge in [-0.25, -0.2) is 4.99 Å². The number of thioether (sulfide) groups is 1. The molecular formula is C29H26N4O2S. The zero-order valence-electron chi connectivity index (χ0n) is 19.8. The zero-order chi connectivity index (χ0) is 25.3. The molecule has 1 aliphatic heterocycles. The first-order valence-electron chi connectivity index (χ1n) is 11.6. The second kappa shape index (κ2) is 12.0. The number of aliphatic imine (C=N–C) groups is 1. The maximum absolute atomic E-state index is 13.4. The van der Waals surface area contributed by atoms with Crippen LogP contribution in [0.25, 0.3) is 0 Å². The Balaban J connectivity index is 1.57. The van der Waals surface area contributed by atoms with E-state index in [9.17, 15) is 14.9 Å². The van der Waals surface area contributed by atoms with Crippen LogP contribution in [0.1, 0.15) is 24.0 Å². The minimum Gasteiger partial charge on any atom is -0.351 e. The fourth-order valence-electron chi connectivity index (χ4n) is 4.11. The molecule has 6 nitrogen and oxygen atoms in total. The summed E-state index contributed by atoms with van der Waals surface area (Å²) in [6.07, 6.45) is 0. The van der Waals surface area contributed by atoms with Gasteiger partial charge in [-0.15, -0.1) is 0 Å². The number of nitriles is 1. The molecule has 4 rings (SSSR count). The fraction of sp³-hybridized carbons (Fsp3) is 0.172. The second-order valence-electron chi connectivity index (χ2n) is 8.32. The second-order valence-corrected chi connectivity index (χ2v) is 9.31. The molecule has 36 heavy (non-hydrogen) atoms. The van der Waals surface area contributed by atoms with Crippen LogP contribution in [0.5, 0.6) is 0 Å². The van der Waals surface area contributed by atoms with Crippen LogP contribution in [0.15, 0.2) is 107 Å². The molecule has 0 bridgehead atoms. The molecule has 2 amide bonds. The minimum atomic E-state index is -0.695. The van der Waals surface area contributed by atoms with E-state index in [2.05, 4.69) is 21.7 Å². The molecule has 2 N–H and O–H groups in total. The largest absolute Gasteiger partial charge is 0.351 e. The van der Waals surface area contributed by atoms with Crippen molar-refractivity contribution >= 4 is 34.3 Å². The summed E-state index contributed by atoms with van der Waals surface area (Å²) < 4.78 is 0. The highest BCUT2D eigenvalue weighted by Gasteiger charge is 2.38. The average Bonchev–Trinajstić information content (AvgIpc) is 2.91. The Bertz CT molecular complexity index is 1320. The molecule has 1 aliphatic rings. The molecule has 0 aliphatic carbocycles. The van der Waals surface area contributed by atoms with E-state index in [1.54, 1.807) is 6.92 Å². The normalized spacial score (nSPS) is 17.1. The Morgan fingerprint density at radius 2 is 1.56 bits per heavy atom. The van der Waals surface area contributed by atoms with Gasteiger partial charge in [0.1, 0.15) is 5.92 Å². The Hall–Kier alpha value is -4.15. The summed E-state index contributed by atoms with van der Waals surface area (Å²) in [5, 5.41) is 16.6. The standard InChI is InChI=1S/C29H26N4O2S/c1-20-26(28(35)33-23-15-9-4-10-16-23)27(22-13-7-3-8-14-22)24(17-30)29(32-20)36-19-25(34)31-18-21-11-5-2-6-12-21/h2-16,24,27H,18-19H2,1H3,(H,31,34)(H,33,35). The van der Waals surface area contributed by atoms with Gasteiger partial charge in [0.15, 0.2) is 0 Å². The van der Waals surface area contributed by atoms with Crippen molar-refractivity contribution < 1.29 is 9.59 Å². The predicted molar refractivity (Wildman–Crippen MR) is 144 cm³/mol. The van der Waals surface area contributed by atoms with E-state index < -0.39 is 11.8 Å². The molecule has 7 heteroatoms. The van der Waals surface area contributed by atoms with Gasteiger partial charge < -0.3 is 10.6 Å². The van der Waals surface area contributed by atoms with E-state index in [-0.39, 0.29) is 17.6 Å². The van der Waals surface area contributed by atoms with Crippen LogP contribution in [-0.2, 0) is 16.1 Å². The van der Waals surface area contributed by atoms with Gasteiger partial charge in [0.05, 0.1) is 16.9 Å². The van der Waals surface area contributed by atoms with Crippen LogP contribution in [0.4, 0.5) is 5.69 Å². The molecule has 0 saturated carbocycles. The van der Waals surface area contributed by atoms with Crippen LogP contribution in [-0.4, -0.2) is 22.6 Å². The SMILES string of the molecule is CC1=C(C(=O)Nc2ccccc2)C(c2ccccc2)C(C#N)C(SCC(=O)NCc2ccccc2)=N1. The quantitative estimate of drug-likeness (QED) is 0.467. The first-order chi connectivity index (χ1) is 17.6. The van der Waals surface area contributed by atoms with Crippen molar-refractivity contribution in [2.24, 2.45) is 10.9 Å². The number of anilines is 1. The van der Waals surface area contributed by atoms with Crippen LogP contribution >= 0.6 is 11.8 Å². The lowest BCUT2D eigenvalue weighted by molar-refractivity contribution is -0.118. The van der Waals surface area contributed by atoms with Gasteiger partial charge in [-0.2, -0.15) is 5.26 Å². The summed E-state index contributed by atoms with van der Waals surface area (Å²) >= 11 is 1.24. The third kappa shape index (κ3) is 6.09. The van der Waals surface area contributed by atoms with E-state index in [0.29, 0.717) is 28.5 Å². The van der Waals surface area contributed by atoms with Gasteiger partial charge >= 0.3 is 0 Å². The lowest BCUT2D eigenvalue weighted by Crippen LogP contribution is -2.32. The summed E-state index contributed by atoms with van der Waals surface area (Å²) in [5.74, 6) is -1.51. The maximum Gasteiger partial charge on any atom is 0.254 e. The van der Waals surface area contributed by atoms with Gasteiger partial charge in [0.2, 0.25) is 5.91 Å². The summed E-state index contributed by atoms with van der Waals surface area (Å²) in [6.45, 7) is 2.21. The number of amides is 2. The highest BCUT2D eigenvalue weighted by atomic mass is 32.2. The van der Waals surface area contributed by atoms with Crippen molar-refractivity contribution in [2.75, 3.05) is 11.1 Å². The number of rotatable bonds is 7. The number of para-hydroxylation sites is 1. The molecular weight excluding hydrogens is 468 g/mol. The van der Waals surface area contributed by atoms with Crippen LogP contribution in [0, 0.1) is 17.2 Å². The van der Waals surface area contributed by atoms with Crippen molar-refractivity contribution in [3.8, 4) is 6.07 Å². The number of nitrogens with one attached hydrogen (secondary N) is 2. The number of carbonyl (C=O) groups excluding carboxylic acids is 2. The van der Waals surface area contributed by atoms with E-state index in [1.807, 2.05) is 91.0 Å². The molecule has 0 spiro atoms. The Labute approximate surface area is 215 Å². The monoisotopic (exact) mass is 494 g/mol. The first-order valence-corrected chi connectivity index (χ1v) is 12.6. The third-order valence-electron chi connectivity index (χ3n) is 5.84. The highest BCUT2D eigenvalue weighted by molar-refractivity contribution is 8.14. The lowest BCUT2D eigenvalue weighted by atomic mass is 9.78. The van der Waals surface area contributed by atoms with Gasteiger partial charge in [0, 0.05) is 29.4 Å². The fourth-order valence-corrected chi connectivity index (χ4v) is 5.06. The molecule has 0 radical (unpaired) electrons. The van der Waals surface area contributed by atoms with Crippen LogP contribution < -0.4 is 10.6 Å². The zero-order valence-corrected chi connectivity index (χ0v) is 20.7. The van der Waals surface area contributed by atoms with Gasteiger partial charge in [0.25, 0.3) is 5.91 Å². The smallest absolute Gasteiger partial charge is 0.254 e. The third-order valence-corrected chi connectivity index (χ3v) is 6.88. The molecule has 0 aromatic heterocycles. The molecule has 0 fully saturated rings. The van der Waals surface area contributed by atoms with E-state index in [4.69, 9.17) is 0 Å². The van der Waals surface area contributed by atoms with E-state index >= 15 is 0 Å². The molecule has 0 saturated heterocycles. The average molecular weight is 495 g/mol. The first kappa shape index (κ1) is 25.0. The Kier molecular flexibility index (Phi) is 8.32. The summed E-state index contributed by atoms with van der Waals surface area (Å²) in [7, 11) is 0.